The summed E-state index contributed by atoms with van der Waals surface area (Å²) in [6, 6.07) is 0. The second-order valence-corrected chi connectivity index (χ2v) is 3.64. The smallest absolute Gasteiger partial charge is 0.140 e. The molecule has 2 N–H and O–H groups in total. The van der Waals surface area contributed by atoms with E-state index < -0.39 is 5.60 Å². The summed E-state index contributed by atoms with van der Waals surface area (Å²) >= 11 is 0. The highest BCUT2D eigenvalue weighted by Crippen LogP contribution is 2.28. The number of rotatable bonds is 1. The number of nitrogens with one attached hydrogen (secondary N) is 1. The van der Waals surface area contributed by atoms with E-state index in [4.69, 9.17) is 0 Å². The van der Waals surface area contributed by atoms with Crippen molar-refractivity contribution in [2.75, 3.05) is 13.1 Å². The molecule has 0 radical (unpaired) electrons. The van der Waals surface area contributed by atoms with E-state index >= 15 is 0 Å². The quantitative estimate of drug-likeness (QED) is 0.717. The zero-order valence-corrected chi connectivity index (χ0v) is 9.05. The van der Waals surface area contributed by atoms with Crippen molar-refractivity contribution in [3.63, 3.8) is 0 Å². The molecule has 1 aliphatic heterocycles. The molecule has 14 heavy (non-hydrogen) atoms. The zero-order valence-electron chi connectivity index (χ0n) is 8.23. The number of hydrogen-bond acceptors (Lipinski definition) is 3. The Labute approximate surface area is 89.8 Å². The maximum Gasteiger partial charge on any atom is 0.140 e. The van der Waals surface area contributed by atoms with Crippen LogP contribution in [0.1, 0.15) is 18.7 Å². The van der Waals surface area contributed by atoms with E-state index in [1.165, 1.54) is 0 Å². The van der Waals surface area contributed by atoms with Gasteiger partial charge in [-0.05, 0) is 25.9 Å². The summed E-state index contributed by atoms with van der Waals surface area (Å²) in [6.07, 6.45) is 5.10. The highest BCUT2D eigenvalue weighted by molar-refractivity contribution is 5.85. The molecule has 1 fully saturated rings. The van der Waals surface area contributed by atoms with Gasteiger partial charge in [-0.25, -0.2) is 4.98 Å². The van der Waals surface area contributed by atoms with E-state index in [9.17, 15) is 5.11 Å². The Morgan fingerprint density at radius 1 is 1.50 bits per heavy atom. The fraction of sp³-hybridized carbons (Fsp3) is 0.667. The van der Waals surface area contributed by atoms with Gasteiger partial charge >= 0.3 is 0 Å². The predicted molar refractivity (Wildman–Crippen MR) is 56.5 cm³/mol. The van der Waals surface area contributed by atoms with Crippen molar-refractivity contribution in [3.8, 4) is 0 Å². The molecule has 1 aromatic rings. The van der Waals surface area contributed by atoms with Crippen LogP contribution in [0, 0.1) is 0 Å². The van der Waals surface area contributed by atoms with Crippen molar-refractivity contribution in [2.45, 2.75) is 18.4 Å². The van der Waals surface area contributed by atoms with Crippen LogP contribution in [0.2, 0.25) is 0 Å². The lowest BCUT2D eigenvalue weighted by Gasteiger charge is -2.31. The molecule has 0 spiro atoms. The van der Waals surface area contributed by atoms with Crippen LogP contribution in [0.5, 0.6) is 0 Å². The van der Waals surface area contributed by atoms with Crippen molar-refractivity contribution in [1.29, 1.82) is 0 Å². The zero-order chi connectivity index (χ0) is 9.31. The second kappa shape index (κ2) is 4.29. The average molecular weight is 218 g/mol. The molecule has 0 aromatic carbocycles. The van der Waals surface area contributed by atoms with Crippen LogP contribution in [-0.4, -0.2) is 27.7 Å². The largest absolute Gasteiger partial charge is 0.382 e. The molecule has 0 atom stereocenters. The van der Waals surface area contributed by atoms with Gasteiger partial charge in [0.1, 0.15) is 11.4 Å². The maximum atomic E-state index is 10.3. The van der Waals surface area contributed by atoms with Gasteiger partial charge in [-0.2, -0.15) is 0 Å². The summed E-state index contributed by atoms with van der Waals surface area (Å²) in [5, 5.41) is 13.5. The predicted octanol–water partition coefficient (Wildman–Crippen LogP) is 0.413. The van der Waals surface area contributed by atoms with Gasteiger partial charge in [0.2, 0.25) is 0 Å². The van der Waals surface area contributed by atoms with E-state index in [-0.39, 0.29) is 12.4 Å². The van der Waals surface area contributed by atoms with Gasteiger partial charge in [0.05, 0.1) is 0 Å². The van der Waals surface area contributed by atoms with Crippen molar-refractivity contribution in [1.82, 2.24) is 14.9 Å². The minimum Gasteiger partial charge on any atom is -0.382 e. The van der Waals surface area contributed by atoms with Crippen LogP contribution in [0.4, 0.5) is 0 Å². The van der Waals surface area contributed by atoms with Crippen molar-refractivity contribution in [2.24, 2.45) is 7.05 Å². The highest BCUT2D eigenvalue weighted by Gasteiger charge is 2.34. The third kappa shape index (κ3) is 1.92. The van der Waals surface area contributed by atoms with Gasteiger partial charge in [-0.15, -0.1) is 12.4 Å². The Morgan fingerprint density at radius 2 is 2.14 bits per heavy atom. The molecular formula is C9H16ClN3O. The Hall–Kier alpha value is -0.580. The molecule has 0 amide bonds. The Kier molecular flexibility index (Phi) is 3.53. The number of imidazole rings is 1. The molecule has 2 heterocycles. The van der Waals surface area contributed by atoms with Gasteiger partial charge in [0, 0.05) is 19.4 Å². The summed E-state index contributed by atoms with van der Waals surface area (Å²) in [5.41, 5.74) is -0.719. The molecule has 1 aromatic heterocycles. The van der Waals surface area contributed by atoms with Gasteiger partial charge in [0.15, 0.2) is 0 Å². The molecule has 0 aliphatic carbocycles. The monoisotopic (exact) mass is 217 g/mol. The standard InChI is InChI=1S/C9H15N3O.ClH/c1-12-7-6-11-8(12)9(13)2-4-10-5-3-9;/h6-7,10,13H,2-5H2,1H3;1H. The molecule has 1 saturated heterocycles. The summed E-state index contributed by atoms with van der Waals surface area (Å²) in [7, 11) is 1.92. The molecule has 1 aliphatic rings. The summed E-state index contributed by atoms with van der Waals surface area (Å²) in [4.78, 5) is 4.20. The highest BCUT2D eigenvalue weighted by atomic mass is 35.5. The number of aromatic nitrogens is 2. The molecule has 80 valence electrons. The van der Waals surface area contributed by atoms with Crippen LogP contribution < -0.4 is 5.32 Å². The Morgan fingerprint density at radius 3 is 2.64 bits per heavy atom. The third-order valence-corrected chi connectivity index (χ3v) is 2.67. The van der Waals surface area contributed by atoms with Crippen LogP contribution in [-0.2, 0) is 12.6 Å². The lowest BCUT2D eigenvalue weighted by molar-refractivity contribution is -0.00480. The molecule has 2 rings (SSSR count). The Balaban J connectivity index is 0.000000980. The summed E-state index contributed by atoms with van der Waals surface area (Å²) in [5.74, 6) is 0.786. The minimum absolute atomic E-state index is 0. The fourth-order valence-electron chi connectivity index (χ4n) is 1.88. The fourth-order valence-corrected chi connectivity index (χ4v) is 1.88. The molecule has 0 bridgehead atoms. The van der Waals surface area contributed by atoms with Gasteiger partial charge in [0.25, 0.3) is 0 Å². The lowest BCUT2D eigenvalue weighted by Crippen LogP contribution is -2.41. The number of aliphatic hydroxyl groups is 1. The summed E-state index contributed by atoms with van der Waals surface area (Å²) in [6.45, 7) is 1.73. The number of halogens is 1. The van der Waals surface area contributed by atoms with Gasteiger partial charge in [-0.1, -0.05) is 0 Å². The molecule has 4 nitrogen and oxygen atoms in total. The summed E-state index contributed by atoms with van der Waals surface area (Å²) < 4.78 is 1.89. The van der Waals surface area contributed by atoms with Crippen LogP contribution in [0.15, 0.2) is 12.4 Å². The van der Waals surface area contributed by atoms with Gasteiger partial charge < -0.3 is 15.0 Å². The molecule has 0 unspecified atom stereocenters. The lowest BCUT2D eigenvalue weighted by atomic mass is 9.91. The van der Waals surface area contributed by atoms with Crippen molar-refractivity contribution >= 4 is 12.4 Å². The SMILES string of the molecule is Cl.Cn1ccnc1C1(O)CCNCC1. The number of piperidine rings is 1. The second-order valence-electron chi connectivity index (χ2n) is 3.64. The minimum atomic E-state index is -0.719. The van der Waals surface area contributed by atoms with Crippen molar-refractivity contribution in [3.05, 3.63) is 18.2 Å². The van der Waals surface area contributed by atoms with Gasteiger partial charge in [-0.3, -0.25) is 0 Å². The third-order valence-electron chi connectivity index (χ3n) is 2.67. The first-order valence-electron chi connectivity index (χ1n) is 4.63. The number of hydrogen-bond donors (Lipinski definition) is 2. The number of nitrogens with zero attached hydrogens (tertiary/aromatic N) is 2. The van der Waals surface area contributed by atoms with E-state index in [2.05, 4.69) is 10.3 Å². The van der Waals surface area contributed by atoms with Crippen LogP contribution in [0.25, 0.3) is 0 Å². The topological polar surface area (TPSA) is 50.1 Å². The average Bonchev–Trinajstić information content (AvgIpc) is 2.53. The first kappa shape index (κ1) is 11.5. The van der Waals surface area contributed by atoms with E-state index in [1.807, 2.05) is 17.8 Å². The first-order valence-corrected chi connectivity index (χ1v) is 4.63. The molecule has 0 saturated carbocycles. The van der Waals surface area contributed by atoms with E-state index in [0.29, 0.717) is 0 Å². The molecular weight excluding hydrogens is 202 g/mol. The molecule has 5 heteroatoms. The van der Waals surface area contributed by atoms with Crippen LogP contribution in [0.3, 0.4) is 0 Å². The van der Waals surface area contributed by atoms with Crippen molar-refractivity contribution < 1.29 is 5.11 Å². The first-order chi connectivity index (χ1) is 6.22. The van der Waals surface area contributed by atoms with E-state index in [0.717, 1.165) is 31.8 Å². The van der Waals surface area contributed by atoms with Crippen LogP contribution >= 0.6 is 12.4 Å². The normalized spacial score (nSPS) is 20.1. The maximum absolute atomic E-state index is 10.3. The Bertz CT molecular complexity index is 294. The number of aryl methyl sites for hydroxylation is 1. The van der Waals surface area contributed by atoms with E-state index in [1.54, 1.807) is 6.20 Å².